The minimum Gasteiger partial charge on any atom is -0.399 e. The maximum absolute atomic E-state index is 12.7. The van der Waals surface area contributed by atoms with Gasteiger partial charge < -0.3 is 5.73 Å². The molecule has 1 saturated heterocycles. The number of halogens is 1. The van der Waals surface area contributed by atoms with Crippen LogP contribution in [0.5, 0.6) is 0 Å². The molecular weight excluding hydrogens is 284 g/mol. The van der Waals surface area contributed by atoms with Crippen molar-refractivity contribution in [3.05, 3.63) is 23.2 Å². The van der Waals surface area contributed by atoms with Gasteiger partial charge in [-0.3, -0.25) is 0 Å². The third-order valence-electron chi connectivity index (χ3n) is 3.59. The topological polar surface area (TPSA) is 63.4 Å². The summed E-state index contributed by atoms with van der Waals surface area (Å²) in [4.78, 5) is 0.156. The molecule has 1 unspecified atom stereocenters. The van der Waals surface area contributed by atoms with Crippen LogP contribution in [-0.2, 0) is 10.0 Å². The molecule has 1 fully saturated rings. The number of nitrogens with zero attached hydrogens (tertiary/aromatic N) is 1. The first-order valence-electron chi connectivity index (χ1n) is 6.53. The van der Waals surface area contributed by atoms with E-state index in [2.05, 4.69) is 0 Å². The predicted octanol–water partition coefficient (Wildman–Crippen LogP) is 2.88. The molecule has 0 saturated carbocycles. The Kier molecular flexibility index (Phi) is 4.38. The normalized spacial score (nSPS) is 21.5. The van der Waals surface area contributed by atoms with Gasteiger partial charge in [0.15, 0.2) is 0 Å². The number of nitrogen functional groups attached to an aromatic ring is 1. The lowest BCUT2D eigenvalue weighted by atomic mass is 10.0. The smallest absolute Gasteiger partial charge is 0.244 e. The van der Waals surface area contributed by atoms with Crippen molar-refractivity contribution in [2.24, 2.45) is 0 Å². The van der Waals surface area contributed by atoms with Crippen LogP contribution in [0.15, 0.2) is 23.1 Å². The van der Waals surface area contributed by atoms with E-state index in [1.165, 1.54) is 12.1 Å². The van der Waals surface area contributed by atoms with Crippen LogP contribution in [0.4, 0.5) is 5.69 Å². The van der Waals surface area contributed by atoms with Crippen molar-refractivity contribution in [2.75, 3.05) is 12.3 Å². The van der Waals surface area contributed by atoms with Gasteiger partial charge >= 0.3 is 0 Å². The highest BCUT2D eigenvalue weighted by Gasteiger charge is 2.33. The van der Waals surface area contributed by atoms with Crippen LogP contribution in [0.1, 0.15) is 32.6 Å². The van der Waals surface area contributed by atoms with Gasteiger partial charge in [-0.1, -0.05) is 24.9 Å². The summed E-state index contributed by atoms with van der Waals surface area (Å²) in [7, 11) is -3.52. The highest BCUT2D eigenvalue weighted by molar-refractivity contribution is 7.89. The number of hydrogen-bond donors (Lipinski definition) is 1. The van der Waals surface area contributed by atoms with Gasteiger partial charge in [0.25, 0.3) is 0 Å². The Morgan fingerprint density at radius 3 is 2.79 bits per heavy atom. The molecule has 1 aromatic rings. The molecule has 0 spiro atoms. The Morgan fingerprint density at radius 2 is 2.16 bits per heavy atom. The summed E-state index contributed by atoms with van der Waals surface area (Å²) >= 11 is 6.04. The molecule has 2 rings (SSSR count). The van der Waals surface area contributed by atoms with Crippen LogP contribution in [0.2, 0.25) is 5.02 Å². The van der Waals surface area contributed by atoms with Crippen LogP contribution < -0.4 is 5.73 Å². The average Bonchev–Trinajstić information content (AvgIpc) is 2.38. The fraction of sp³-hybridized carbons (Fsp3) is 0.538. The number of piperidine rings is 1. The second-order valence-corrected chi connectivity index (χ2v) is 7.13. The molecule has 0 amide bonds. The maximum atomic E-state index is 12.7. The van der Waals surface area contributed by atoms with E-state index in [0.29, 0.717) is 12.2 Å². The zero-order chi connectivity index (χ0) is 14.0. The fourth-order valence-corrected chi connectivity index (χ4v) is 4.85. The molecule has 1 atom stereocenters. The van der Waals surface area contributed by atoms with Gasteiger partial charge in [0.1, 0.15) is 4.90 Å². The Bertz CT molecular complexity index is 560. The van der Waals surface area contributed by atoms with Crippen LogP contribution in [0.25, 0.3) is 0 Å². The van der Waals surface area contributed by atoms with E-state index in [-0.39, 0.29) is 16.0 Å². The molecule has 106 valence electrons. The number of rotatable bonds is 3. The molecule has 0 radical (unpaired) electrons. The first kappa shape index (κ1) is 14.6. The lowest BCUT2D eigenvalue weighted by Crippen LogP contribution is -2.43. The SMILES string of the molecule is CCC1CCCCN1S(=O)(=O)c1ccc(N)cc1Cl. The first-order valence-corrected chi connectivity index (χ1v) is 8.35. The second-order valence-electron chi connectivity index (χ2n) is 4.86. The first-order chi connectivity index (χ1) is 8.96. The summed E-state index contributed by atoms with van der Waals surface area (Å²) in [5.74, 6) is 0. The minimum atomic E-state index is -3.52. The van der Waals surface area contributed by atoms with Crippen LogP contribution in [0, 0.1) is 0 Å². The van der Waals surface area contributed by atoms with Gasteiger partial charge in [-0.25, -0.2) is 8.42 Å². The molecule has 6 heteroatoms. The third-order valence-corrected chi connectivity index (χ3v) is 6.02. The lowest BCUT2D eigenvalue weighted by molar-refractivity contribution is 0.246. The monoisotopic (exact) mass is 302 g/mol. The summed E-state index contributed by atoms with van der Waals surface area (Å²) < 4.78 is 27.0. The molecule has 2 N–H and O–H groups in total. The van der Waals surface area contributed by atoms with E-state index in [0.717, 1.165) is 25.7 Å². The number of sulfonamides is 1. The van der Waals surface area contributed by atoms with Crippen molar-refractivity contribution >= 4 is 27.3 Å². The molecule has 19 heavy (non-hydrogen) atoms. The van der Waals surface area contributed by atoms with Gasteiger partial charge in [0.2, 0.25) is 10.0 Å². The van der Waals surface area contributed by atoms with E-state index >= 15 is 0 Å². The lowest BCUT2D eigenvalue weighted by Gasteiger charge is -2.34. The van der Waals surface area contributed by atoms with Crippen LogP contribution >= 0.6 is 11.6 Å². The molecular formula is C13H19ClN2O2S. The summed E-state index contributed by atoms with van der Waals surface area (Å²) in [6.07, 6.45) is 3.73. The molecule has 1 aromatic carbocycles. The van der Waals surface area contributed by atoms with Gasteiger partial charge in [0, 0.05) is 18.3 Å². The van der Waals surface area contributed by atoms with Crippen molar-refractivity contribution < 1.29 is 8.42 Å². The van der Waals surface area contributed by atoms with Gasteiger partial charge in [0.05, 0.1) is 5.02 Å². The molecule has 0 bridgehead atoms. The molecule has 4 nitrogen and oxygen atoms in total. The standard InChI is InChI=1S/C13H19ClN2O2S/c1-2-11-5-3-4-8-16(11)19(17,18)13-7-6-10(15)9-12(13)14/h6-7,9,11H,2-5,8,15H2,1H3. The van der Waals surface area contributed by atoms with Crippen LogP contribution in [-0.4, -0.2) is 25.3 Å². The quantitative estimate of drug-likeness (QED) is 0.873. The Balaban J connectivity index is 2.40. The average molecular weight is 303 g/mol. The highest BCUT2D eigenvalue weighted by atomic mass is 35.5. The molecule has 1 aliphatic rings. The van der Waals surface area contributed by atoms with E-state index in [4.69, 9.17) is 17.3 Å². The number of nitrogens with two attached hydrogens (primary N) is 1. The van der Waals surface area contributed by atoms with Crippen molar-refractivity contribution in [2.45, 2.75) is 43.5 Å². The largest absolute Gasteiger partial charge is 0.399 e. The van der Waals surface area contributed by atoms with Gasteiger partial charge in [-0.15, -0.1) is 0 Å². The van der Waals surface area contributed by atoms with E-state index < -0.39 is 10.0 Å². The van der Waals surface area contributed by atoms with Gasteiger partial charge in [-0.05, 0) is 37.5 Å². The van der Waals surface area contributed by atoms with Crippen molar-refractivity contribution in [1.29, 1.82) is 0 Å². The Morgan fingerprint density at radius 1 is 1.42 bits per heavy atom. The van der Waals surface area contributed by atoms with Crippen molar-refractivity contribution in [3.8, 4) is 0 Å². The van der Waals surface area contributed by atoms with Crippen molar-refractivity contribution in [3.63, 3.8) is 0 Å². The summed E-state index contributed by atoms with van der Waals surface area (Å²) in [6, 6.07) is 4.63. The zero-order valence-electron chi connectivity index (χ0n) is 11.0. The fourth-order valence-electron chi connectivity index (χ4n) is 2.55. The Labute approximate surface area is 119 Å². The number of hydrogen-bond acceptors (Lipinski definition) is 3. The predicted molar refractivity (Wildman–Crippen MR) is 77.7 cm³/mol. The third kappa shape index (κ3) is 2.88. The molecule has 0 aromatic heterocycles. The van der Waals surface area contributed by atoms with E-state index in [1.54, 1.807) is 10.4 Å². The van der Waals surface area contributed by atoms with Crippen LogP contribution in [0.3, 0.4) is 0 Å². The van der Waals surface area contributed by atoms with E-state index in [1.807, 2.05) is 6.92 Å². The highest BCUT2D eigenvalue weighted by Crippen LogP contribution is 2.31. The maximum Gasteiger partial charge on any atom is 0.244 e. The summed E-state index contributed by atoms with van der Waals surface area (Å²) in [5.41, 5.74) is 6.08. The summed E-state index contributed by atoms with van der Waals surface area (Å²) in [5, 5.41) is 0.195. The van der Waals surface area contributed by atoms with Crippen molar-refractivity contribution in [1.82, 2.24) is 4.31 Å². The number of anilines is 1. The second kappa shape index (κ2) is 5.69. The van der Waals surface area contributed by atoms with Gasteiger partial charge in [-0.2, -0.15) is 4.31 Å². The molecule has 1 heterocycles. The minimum absolute atomic E-state index is 0.0763. The zero-order valence-corrected chi connectivity index (χ0v) is 12.5. The molecule has 0 aliphatic carbocycles. The molecule has 1 aliphatic heterocycles. The Hall–Kier alpha value is -0.780. The summed E-state index contributed by atoms with van der Waals surface area (Å²) in [6.45, 7) is 2.59. The number of benzene rings is 1. The van der Waals surface area contributed by atoms with E-state index in [9.17, 15) is 8.42 Å².